The largest absolute Gasteiger partial charge is 0.497 e. The van der Waals surface area contributed by atoms with Crippen molar-refractivity contribution >= 4 is 11.4 Å². The van der Waals surface area contributed by atoms with Crippen molar-refractivity contribution in [2.75, 3.05) is 12.4 Å². The molecule has 0 aromatic heterocycles. The Bertz CT molecular complexity index is 468. The molecule has 2 aromatic rings. The summed E-state index contributed by atoms with van der Waals surface area (Å²) < 4.78 is 17.8. The van der Waals surface area contributed by atoms with E-state index in [1.54, 1.807) is 25.3 Å². The van der Waals surface area contributed by atoms with Gasteiger partial charge in [0.1, 0.15) is 11.6 Å². The van der Waals surface area contributed by atoms with E-state index >= 15 is 0 Å². The summed E-state index contributed by atoms with van der Waals surface area (Å²) in [5.74, 6) is 0.503. The molecule has 0 spiro atoms. The lowest BCUT2D eigenvalue weighted by Crippen LogP contribution is -1.91. The molecule has 0 saturated heterocycles. The number of hydrogen-bond donors (Lipinski definition) is 1. The van der Waals surface area contributed by atoms with E-state index in [2.05, 4.69) is 11.4 Å². The zero-order chi connectivity index (χ0) is 11.4. The van der Waals surface area contributed by atoms with Gasteiger partial charge in [-0.15, -0.1) is 0 Å². The molecule has 0 fully saturated rings. The van der Waals surface area contributed by atoms with Crippen molar-refractivity contribution in [3.63, 3.8) is 0 Å². The number of rotatable bonds is 3. The lowest BCUT2D eigenvalue weighted by atomic mass is 10.2. The summed E-state index contributed by atoms with van der Waals surface area (Å²) in [5.41, 5.74) is 1.59. The van der Waals surface area contributed by atoms with Crippen molar-refractivity contribution in [3.05, 3.63) is 54.3 Å². The maximum absolute atomic E-state index is 12.7. The molecular weight excluding hydrogens is 205 g/mol. The molecule has 0 unspecified atom stereocenters. The summed E-state index contributed by atoms with van der Waals surface area (Å²) in [7, 11) is 1.61. The Morgan fingerprint density at radius 3 is 2.62 bits per heavy atom. The number of benzene rings is 2. The van der Waals surface area contributed by atoms with Gasteiger partial charge in [-0.2, -0.15) is 0 Å². The van der Waals surface area contributed by atoms with Crippen LogP contribution in [-0.2, 0) is 0 Å². The third-order valence-electron chi connectivity index (χ3n) is 2.13. The molecule has 16 heavy (non-hydrogen) atoms. The van der Waals surface area contributed by atoms with Gasteiger partial charge in [0.15, 0.2) is 0 Å². The third-order valence-corrected chi connectivity index (χ3v) is 2.13. The first-order valence-electron chi connectivity index (χ1n) is 4.86. The van der Waals surface area contributed by atoms with E-state index in [1.807, 2.05) is 12.1 Å². The predicted octanol–water partition coefficient (Wildman–Crippen LogP) is 3.38. The van der Waals surface area contributed by atoms with Crippen LogP contribution in [0.25, 0.3) is 0 Å². The van der Waals surface area contributed by atoms with E-state index in [4.69, 9.17) is 4.74 Å². The average Bonchev–Trinajstić information content (AvgIpc) is 2.32. The number of ether oxygens (including phenoxy) is 1. The van der Waals surface area contributed by atoms with E-state index in [-0.39, 0.29) is 5.82 Å². The molecule has 2 nitrogen and oxygen atoms in total. The molecule has 0 aliphatic carbocycles. The van der Waals surface area contributed by atoms with E-state index < -0.39 is 0 Å². The average molecular weight is 216 g/mol. The Kier molecular flexibility index (Phi) is 3.05. The molecule has 0 heterocycles. The van der Waals surface area contributed by atoms with Crippen LogP contribution >= 0.6 is 0 Å². The topological polar surface area (TPSA) is 21.3 Å². The van der Waals surface area contributed by atoms with Crippen molar-refractivity contribution in [1.82, 2.24) is 0 Å². The lowest BCUT2D eigenvalue weighted by molar-refractivity contribution is 0.415. The summed E-state index contributed by atoms with van der Waals surface area (Å²) in [6, 6.07) is 14.6. The van der Waals surface area contributed by atoms with Gasteiger partial charge in [-0.25, -0.2) is 4.39 Å². The van der Waals surface area contributed by atoms with Gasteiger partial charge in [-0.3, -0.25) is 0 Å². The number of methoxy groups -OCH3 is 1. The third kappa shape index (κ3) is 2.51. The molecule has 0 bridgehead atoms. The quantitative estimate of drug-likeness (QED) is 0.849. The molecule has 0 aliphatic rings. The Morgan fingerprint density at radius 2 is 1.94 bits per heavy atom. The molecule has 0 aliphatic heterocycles. The summed E-state index contributed by atoms with van der Waals surface area (Å²) >= 11 is 0. The first-order chi connectivity index (χ1) is 7.78. The van der Waals surface area contributed by atoms with Crippen LogP contribution in [0.4, 0.5) is 15.8 Å². The molecule has 1 N–H and O–H groups in total. The molecule has 0 saturated carbocycles. The zero-order valence-electron chi connectivity index (χ0n) is 8.83. The molecule has 3 heteroatoms. The Morgan fingerprint density at radius 1 is 1.19 bits per heavy atom. The molecule has 2 rings (SSSR count). The van der Waals surface area contributed by atoms with Gasteiger partial charge in [0.25, 0.3) is 0 Å². The fourth-order valence-electron chi connectivity index (χ4n) is 1.33. The minimum Gasteiger partial charge on any atom is -0.497 e. The molecule has 2 aromatic carbocycles. The van der Waals surface area contributed by atoms with Crippen molar-refractivity contribution in [2.45, 2.75) is 0 Å². The van der Waals surface area contributed by atoms with E-state index in [1.165, 1.54) is 12.1 Å². The van der Waals surface area contributed by atoms with E-state index in [0.717, 1.165) is 17.1 Å². The van der Waals surface area contributed by atoms with E-state index in [9.17, 15) is 4.39 Å². The van der Waals surface area contributed by atoms with Crippen molar-refractivity contribution < 1.29 is 9.13 Å². The second-order valence-electron chi connectivity index (χ2n) is 3.27. The normalized spacial score (nSPS) is 9.88. The molecule has 81 valence electrons. The van der Waals surface area contributed by atoms with Crippen LogP contribution in [0.2, 0.25) is 0 Å². The molecule has 0 atom stereocenters. The van der Waals surface area contributed by atoms with Crippen LogP contribution in [0.15, 0.2) is 42.5 Å². The lowest BCUT2D eigenvalue weighted by Gasteiger charge is -2.07. The van der Waals surface area contributed by atoms with Crippen LogP contribution < -0.4 is 10.1 Å². The van der Waals surface area contributed by atoms with Crippen LogP contribution in [-0.4, -0.2) is 7.11 Å². The maximum Gasteiger partial charge on any atom is 0.123 e. The van der Waals surface area contributed by atoms with Gasteiger partial charge in [0.2, 0.25) is 0 Å². The maximum atomic E-state index is 12.7. The summed E-state index contributed by atoms with van der Waals surface area (Å²) in [4.78, 5) is 0. The fourth-order valence-corrected chi connectivity index (χ4v) is 1.33. The number of nitrogens with one attached hydrogen (secondary N) is 1. The highest BCUT2D eigenvalue weighted by Crippen LogP contribution is 2.20. The Labute approximate surface area is 93.7 Å². The van der Waals surface area contributed by atoms with Crippen LogP contribution in [0.5, 0.6) is 5.75 Å². The van der Waals surface area contributed by atoms with Gasteiger partial charge in [-0.1, -0.05) is 0 Å². The predicted molar refractivity (Wildman–Crippen MR) is 61.5 cm³/mol. The van der Waals surface area contributed by atoms with E-state index in [0.29, 0.717) is 0 Å². The fraction of sp³-hybridized carbons (Fsp3) is 0.0769. The molecule has 1 radical (unpaired) electrons. The smallest absolute Gasteiger partial charge is 0.123 e. The molecular formula is C13H11FNO. The minimum atomic E-state index is -0.250. The SMILES string of the molecule is COc1cc[c]c(Nc2ccc(F)cc2)c1. The van der Waals surface area contributed by atoms with Crippen LogP contribution in [0.1, 0.15) is 0 Å². The van der Waals surface area contributed by atoms with Crippen molar-refractivity contribution in [2.24, 2.45) is 0 Å². The summed E-state index contributed by atoms with van der Waals surface area (Å²) in [6.45, 7) is 0. The first-order valence-corrected chi connectivity index (χ1v) is 4.86. The summed E-state index contributed by atoms with van der Waals surface area (Å²) in [6.07, 6.45) is 0. The first kappa shape index (κ1) is 10.5. The van der Waals surface area contributed by atoms with Crippen molar-refractivity contribution in [3.8, 4) is 5.75 Å². The Balaban J connectivity index is 2.16. The highest BCUT2D eigenvalue weighted by molar-refractivity contribution is 5.60. The van der Waals surface area contributed by atoms with Gasteiger partial charge >= 0.3 is 0 Å². The van der Waals surface area contributed by atoms with Crippen LogP contribution in [0.3, 0.4) is 0 Å². The number of halogens is 1. The summed E-state index contributed by atoms with van der Waals surface area (Å²) in [5, 5.41) is 3.10. The zero-order valence-corrected chi connectivity index (χ0v) is 8.83. The Hall–Kier alpha value is -2.03. The van der Waals surface area contributed by atoms with Gasteiger partial charge in [-0.05, 0) is 36.4 Å². The number of anilines is 2. The second-order valence-corrected chi connectivity index (χ2v) is 3.27. The second kappa shape index (κ2) is 4.66. The van der Waals surface area contributed by atoms with Crippen LogP contribution in [0, 0.1) is 11.9 Å². The number of hydrogen-bond acceptors (Lipinski definition) is 2. The highest BCUT2D eigenvalue weighted by Gasteiger charge is 1.97. The molecule has 0 amide bonds. The van der Waals surface area contributed by atoms with Gasteiger partial charge < -0.3 is 10.1 Å². The van der Waals surface area contributed by atoms with Gasteiger partial charge in [0.05, 0.1) is 12.8 Å². The monoisotopic (exact) mass is 216 g/mol. The highest BCUT2D eigenvalue weighted by atomic mass is 19.1. The minimum absolute atomic E-state index is 0.250. The standard InChI is InChI=1S/C13H11FNO/c1-16-13-4-2-3-12(9-13)15-11-7-5-10(14)6-8-11/h2,4-9,15H,1H3. The van der Waals surface area contributed by atoms with Crippen molar-refractivity contribution in [1.29, 1.82) is 0 Å². The van der Waals surface area contributed by atoms with Gasteiger partial charge in [0, 0.05) is 17.8 Å².